The number of anilines is 1. The zero-order valence-electron chi connectivity index (χ0n) is 21.1. The maximum absolute atomic E-state index is 13.5. The number of benzene rings is 2. The van der Waals surface area contributed by atoms with Gasteiger partial charge in [0.15, 0.2) is 5.41 Å². The fraction of sp³-hybridized carbons (Fsp3) is 0.259. The Morgan fingerprint density at radius 1 is 0.975 bits per heavy atom. The first-order valence-corrected chi connectivity index (χ1v) is 12.7. The van der Waals surface area contributed by atoms with Crippen molar-refractivity contribution in [1.82, 2.24) is 25.5 Å². The average Bonchev–Trinajstić information content (AvgIpc) is 2.91. The highest BCUT2D eigenvalue weighted by Crippen LogP contribution is 2.45. The van der Waals surface area contributed by atoms with Crippen LogP contribution < -0.4 is 26.8 Å². The Hall–Kier alpha value is -5.04. The maximum atomic E-state index is 13.5. The predicted molar refractivity (Wildman–Crippen MR) is 144 cm³/mol. The number of rotatable bonds is 4. The number of hydrogen-bond acceptors (Lipinski definition) is 9. The second-order valence-corrected chi connectivity index (χ2v) is 10.1. The molecule has 1 spiro atoms. The van der Waals surface area contributed by atoms with Crippen LogP contribution in [0.4, 0.5) is 16.2 Å². The number of hydrogen-bond donors (Lipinski definition) is 5. The van der Waals surface area contributed by atoms with Gasteiger partial charge in [0.25, 0.3) is 5.56 Å². The fourth-order valence-electron chi connectivity index (χ4n) is 5.80. The summed E-state index contributed by atoms with van der Waals surface area (Å²) in [6.45, 7) is 2.32. The van der Waals surface area contributed by atoms with Gasteiger partial charge in [0.05, 0.1) is 11.7 Å². The smallest absolute Gasteiger partial charge is 0.328 e. The van der Waals surface area contributed by atoms with Crippen LogP contribution in [-0.2, 0) is 22.6 Å². The number of imide groups is 2. The SMILES string of the molecule is O=C1NC(=O)C2(Cc3cc(N=Cc4c(O)[nH]c(=O)[nH]c4=O)ccc3N3CCN(Cc4ccccc4)CC32)C(=O)N1. The molecule has 13 heteroatoms. The molecule has 4 amide bonds. The van der Waals surface area contributed by atoms with Crippen molar-refractivity contribution in [2.45, 2.75) is 19.0 Å². The van der Waals surface area contributed by atoms with Crippen LogP contribution in [0.5, 0.6) is 5.88 Å². The van der Waals surface area contributed by atoms with E-state index in [4.69, 9.17) is 0 Å². The van der Waals surface area contributed by atoms with Crippen LogP contribution in [0, 0.1) is 5.41 Å². The van der Waals surface area contributed by atoms with E-state index < -0.39 is 46.4 Å². The molecule has 5 N–H and O–H groups in total. The molecule has 4 heterocycles. The van der Waals surface area contributed by atoms with E-state index in [0.717, 1.165) is 17.5 Å². The van der Waals surface area contributed by atoms with E-state index in [2.05, 4.69) is 25.5 Å². The Morgan fingerprint density at radius 3 is 2.45 bits per heavy atom. The molecule has 1 aromatic heterocycles. The Morgan fingerprint density at radius 2 is 1.73 bits per heavy atom. The average molecular weight is 544 g/mol. The summed E-state index contributed by atoms with van der Waals surface area (Å²) in [7, 11) is 0. The zero-order chi connectivity index (χ0) is 28.0. The first-order chi connectivity index (χ1) is 19.2. The van der Waals surface area contributed by atoms with Gasteiger partial charge < -0.3 is 10.0 Å². The number of nitrogens with zero attached hydrogens (tertiary/aromatic N) is 3. The highest BCUT2D eigenvalue weighted by atomic mass is 16.3. The van der Waals surface area contributed by atoms with Crippen molar-refractivity contribution in [1.29, 1.82) is 0 Å². The third kappa shape index (κ3) is 4.25. The van der Waals surface area contributed by atoms with Crippen LogP contribution in [0.15, 0.2) is 63.1 Å². The van der Waals surface area contributed by atoms with Crippen LogP contribution in [-0.4, -0.2) is 69.7 Å². The fourth-order valence-corrected chi connectivity index (χ4v) is 5.80. The number of aromatic nitrogens is 2. The zero-order valence-corrected chi connectivity index (χ0v) is 21.1. The molecular weight excluding hydrogens is 518 g/mol. The lowest BCUT2D eigenvalue weighted by molar-refractivity contribution is -0.147. The standard InChI is InChI=1S/C27H25N7O6/c35-21-18(22(36)30-25(39)29-21)12-28-17-6-7-19-16(10-17)11-27(23(37)31-26(40)32-24(27)38)20-14-33(8-9-34(19)20)13-15-4-2-1-3-5-15/h1-7,10,12,20H,8-9,11,13-14H2,(H3,29,30,35,36,39)(H2,31,32,37,38,40). The van der Waals surface area contributed by atoms with Gasteiger partial charge in [0.2, 0.25) is 17.7 Å². The first kappa shape index (κ1) is 25.2. The number of aliphatic imine (C=N–C) groups is 1. The number of fused-ring (bicyclic) bond motifs is 4. The van der Waals surface area contributed by atoms with Gasteiger partial charge in [-0.15, -0.1) is 0 Å². The Kier molecular flexibility index (Phi) is 6.07. The summed E-state index contributed by atoms with van der Waals surface area (Å²) in [6, 6.07) is 13.8. The molecule has 2 fully saturated rings. The third-order valence-electron chi connectivity index (χ3n) is 7.69. The minimum atomic E-state index is -1.56. The molecule has 3 aliphatic heterocycles. The molecule has 2 aromatic carbocycles. The number of carbonyl (C=O) groups excluding carboxylic acids is 3. The normalized spacial score (nSPS) is 20.2. The van der Waals surface area contributed by atoms with Gasteiger partial charge in [0.1, 0.15) is 5.56 Å². The van der Waals surface area contributed by atoms with Gasteiger partial charge in [-0.05, 0) is 35.7 Å². The molecule has 0 bridgehead atoms. The van der Waals surface area contributed by atoms with Crippen LogP contribution in [0.3, 0.4) is 0 Å². The second kappa shape index (κ2) is 9.61. The molecule has 40 heavy (non-hydrogen) atoms. The largest absolute Gasteiger partial charge is 0.494 e. The highest BCUT2D eigenvalue weighted by Gasteiger charge is 2.60. The van der Waals surface area contributed by atoms with E-state index in [9.17, 15) is 29.1 Å². The van der Waals surface area contributed by atoms with E-state index in [1.807, 2.05) is 46.3 Å². The summed E-state index contributed by atoms with van der Waals surface area (Å²) in [6.07, 6.45) is 1.15. The van der Waals surface area contributed by atoms with Gasteiger partial charge >= 0.3 is 11.7 Å². The quantitative estimate of drug-likeness (QED) is 0.227. The van der Waals surface area contributed by atoms with Gasteiger partial charge in [-0.1, -0.05) is 30.3 Å². The minimum Gasteiger partial charge on any atom is -0.494 e. The molecule has 13 nitrogen and oxygen atoms in total. The highest BCUT2D eigenvalue weighted by molar-refractivity contribution is 6.20. The van der Waals surface area contributed by atoms with E-state index >= 15 is 0 Å². The summed E-state index contributed by atoms with van der Waals surface area (Å²) in [5.41, 5.74) is -0.423. The van der Waals surface area contributed by atoms with Crippen molar-refractivity contribution in [3.8, 4) is 5.88 Å². The van der Waals surface area contributed by atoms with Crippen LogP contribution in [0.1, 0.15) is 16.7 Å². The van der Waals surface area contributed by atoms with Crippen molar-refractivity contribution in [2.24, 2.45) is 10.4 Å². The summed E-state index contributed by atoms with van der Waals surface area (Å²) in [5.74, 6) is -1.92. The van der Waals surface area contributed by atoms with Crippen LogP contribution in [0.2, 0.25) is 0 Å². The number of aromatic hydroxyl groups is 1. The number of H-pyrrole nitrogens is 2. The van der Waals surface area contributed by atoms with Crippen molar-refractivity contribution in [3.05, 3.63) is 86.1 Å². The number of urea groups is 1. The van der Waals surface area contributed by atoms with Crippen molar-refractivity contribution >= 4 is 35.4 Å². The van der Waals surface area contributed by atoms with Gasteiger partial charge in [0, 0.05) is 38.1 Å². The molecule has 0 radical (unpaired) electrons. The van der Waals surface area contributed by atoms with Gasteiger partial charge in [-0.2, -0.15) is 0 Å². The molecule has 3 aromatic rings. The number of amides is 4. The number of nitrogens with one attached hydrogen (secondary N) is 4. The van der Waals surface area contributed by atoms with E-state index in [1.165, 1.54) is 0 Å². The third-order valence-corrected chi connectivity index (χ3v) is 7.69. The molecule has 2 saturated heterocycles. The summed E-state index contributed by atoms with van der Waals surface area (Å²) in [4.78, 5) is 74.9. The van der Waals surface area contributed by atoms with Crippen molar-refractivity contribution < 1.29 is 19.5 Å². The van der Waals surface area contributed by atoms with Crippen molar-refractivity contribution in [2.75, 3.05) is 24.5 Å². The number of aromatic amines is 2. The molecule has 204 valence electrons. The molecule has 3 aliphatic rings. The Labute approximate surface area is 226 Å². The number of piperazine rings is 1. The summed E-state index contributed by atoms with van der Waals surface area (Å²) >= 11 is 0. The molecule has 1 atom stereocenters. The van der Waals surface area contributed by atoms with E-state index in [1.54, 1.807) is 12.1 Å². The molecule has 0 aliphatic carbocycles. The van der Waals surface area contributed by atoms with E-state index in [0.29, 0.717) is 37.4 Å². The first-order valence-electron chi connectivity index (χ1n) is 12.7. The Balaban J connectivity index is 1.37. The van der Waals surface area contributed by atoms with Crippen molar-refractivity contribution in [3.63, 3.8) is 0 Å². The lowest BCUT2D eigenvalue weighted by Crippen LogP contribution is -2.74. The Bertz CT molecular complexity index is 1660. The molecule has 0 saturated carbocycles. The van der Waals surface area contributed by atoms with E-state index in [-0.39, 0.29) is 12.0 Å². The monoisotopic (exact) mass is 543 g/mol. The van der Waals surface area contributed by atoms with Gasteiger partial charge in [-0.25, -0.2) is 9.59 Å². The maximum Gasteiger partial charge on any atom is 0.328 e. The lowest BCUT2D eigenvalue weighted by atomic mass is 9.68. The van der Waals surface area contributed by atoms with Gasteiger partial charge in [-0.3, -0.25) is 44.9 Å². The number of carbonyl (C=O) groups is 3. The topological polar surface area (TPSA) is 180 Å². The van der Waals surface area contributed by atoms with Crippen LogP contribution in [0.25, 0.3) is 0 Å². The summed E-state index contributed by atoms with van der Waals surface area (Å²) in [5, 5.41) is 14.5. The van der Waals surface area contributed by atoms with Crippen LogP contribution >= 0.6 is 0 Å². The second-order valence-electron chi connectivity index (χ2n) is 10.1. The molecule has 1 unspecified atom stereocenters. The summed E-state index contributed by atoms with van der Waals surface area (Å²) < 4.78 is 0. The molecular formula is C27H25N7O6. The minimum absolute atomic E-state index is 0.0292. The number of barbiturate groups is 1. The molecule has 6 rings (SSSR count). The predicted octanol–water partition coefficient (Wildman–Crippen LogP) is 0.119. The lowest BCUT2D eigenvalue weighted by Gasteiger charge is -2.54.